The number of likely N-dealkylation sites (tertiary alicyclic amines) is 1. The van der Waals surface area contributed by atoms with Gasteiger partial charge >= 0.3 is 0 Å². The van der Waals surface area contributed by atoms with Gasteiger partial charge in [0.2, 0.25) is 0 Å². The van der Waals surface area contributed by atoms with Crippen LogP contribution >= 0.6 is 0 Å². The van der Waals surface area contributed by atoms with Crippen LogP contribution in [0.15, 0.2) is 0 Å². The summed E-state index contributed by atoms with van der Waals surface area (Å²) in [5.74, 6) is 2.23. The number of nitrogens with zero attached hydrogens (tertiary/aromatic N) is 1. The van der Waals surface area contributed by atoms with Crippen molar-refractivity contribution < 1.29 is 0 Å². The van der Waals surface area contributed by atoms with E-state index >= 15 is 0 Å². The van der Waals surface area contributed by atoms with Gasteiger partial charge in [0.1, 0.15) is 0 Å². The molecule has 1 aliphatic heterocycles. The number of hydrogen-bond acceptors (Lipinski definition) is 1. The SMILES string of the molecule is CN1CC2C[C@@H]2C1. The van der Waals surface area contributed by atoms with Crippen molar-refractivity contribution in [3.05, 3.63) is 0 Å². The average molecular weight is 97.2 g/mol. The summed E-state index contributed by atoms with van der Waals surface area (Å²) in [5, 5.41) is 0. The first-order valence-electron chi connectivity index (χ1n) is 3.05. The molecule has 2 atom stereocenters. The van der Waals surface area contributed by atoms with Crippen molar-refractivity contribution in [2.45, 2.75) is 6.42 Å². The van der Waals surface area contributed by atoms with Crippen molar-refractivity contribution in [3.63, 3.8) is 0 Å². The molecule has 0 amide bonds. The molecule has 40 valence electrons. The van der Waals surface area contributed by atoms with E-state index in [2.05, 4.69) is 11.9 Å². The van der Waals surface area contributed by atoms with Gasteiger partial charge in [-0.25, -0.2) is 0 Å². The summed E-state index contributed by atoms with van der Waals surface area (Å²) < 4.78 is 0. The van der Waals surface area contributed by atoms with E-state index in [1.807, 2.05) is 0 Å². The van der Waals surface area contributed by atoms with Gasteiger partial charge in [-0.2, -0.15) is 0 Å². The van der Waals surface area contributed by atoms with Crippen LogP contribution in [-0.2, 0) is 0 Å². The lowest BCUT2D eigenvalue weighted by Crippen LogP contribution is -2.15. The van der Waals surface area contributed by atoms with Crippen LogP contribution in [0.1, 0.15) is 6.42 Å². The van der Waals surface area contributed by atoms with Crippen molar-refractivity contribution in [2.24, 2.45) is 11.8 Å². The van der Waals surface area contributed by atoms with Gasteiger partial charge in [-0.1, -0.05) is 0 Å². The Balaban J connectivity index is 2.02. The first-order valence-corrected chi connectivity index (χ1v) is 3.05. The lowest BCUT2D eigenvalue weighted by atomic mass is 10.4. The van der Waals surface area contributed by atoms with Crippen LogP contribution in [0.4, 0.5) is 0 Å². The Morgan fingerprint density at radius 3 is 2.14 bits per heavy atom. The maximum atomic E-state index is 2.43. The smallest absolute Gasteiger partial charge is 0.000997 e. The normalized spacial score (nSPS) is 49.3. The van der Waals surface area contributed by atoms with E-state index in [0.717, 1.165) is 11.8 Å². The highest BCUT2D eigenvalue weighted by Gasteiger charge is 2.43. The second-order valence-electron chi connectivity index (χ2n) is 2.98. The molecule has 1 saturated carbocycles. The monoisotopic (exact) mass is 97.1 g/mol. The Labute approximate surface area is 44.3 Å². The van der Waals surface area contributed by atoms with Crippen molar-refractivity contribution >= 4 is 0 Å². The topological polar surface area (TPSA) is 3.24 Å². The van der Waals surface area contributed by atoms with E-state index in [4.69, 9.17) is 0 Å². The van der Waals surface area contributed by atoms with Gasteiger partial charge < -0.3 is 4.90 Å². The van der Waals surface area contributed by atoms with Crippen molar-refractivity contribution in [1.82, 2.24) is 4.90 Å². The molecule has 0 spiro atoms. The fourth-order valence-electron chi connectivity index (χ4n) is 1.63. The van der Waals surface area contributed by atoms with E-state index in [1.54, 1.807) is 0 Å². The third kappa shape index (κ3) is 0.480. The molecule has 0 radical (unpaired) electrons. The largest absolute Gasteiger partial charge is 0.306 e. The van der Waals surface area contributed by atoms with Crippen LogP contribution in [0.2, 0.25) is 0 Å². The van der Waals surface area contributed by atoms with Gasteiger partial charge in [-0.3, -0.25) is 0 Å². The summed E-state index contributed by atoms with van der Waals surface area (Å²) >= 11 is 0. The van der Waals surface area contributed by atoms with Crippen molar-refractivity contribution in [2.75, 3.05) is 20.1 Å². The lowest BCUT2D eigenvalue weighted by molar-refractivity contribution is 0.373. The minimum Gasteiger partial charge on any atom is -0.306 e. The van der Waals surface area contributed by atoms with Crippen LogP contribution in [0.3, 0.4) is 0 Å². The quantitative estimate of drug-likeness (QED) is 0.427. The third-order valence-corrected chi connectivity index (χ3v) is 2.16. The first kappa shape index (κ1) is 3.90. The molecule has 2 aliphatic rings. The molecule has 1 unspecified atom stereocenters. The first-order chi connectivity index (χ1) is 3.36. The molecule has 7 heavy (non-hydrogen) atoms. The standard InChI is InChI=1S/C6H11N/c1-7-3-5-2-6(5)4-7/h5-6H,2-4H2,1H3/t5-,6?/m1/s1. The van der Waals surface area contributed by atoms with E-state index in [-0.39, 0.29) is 0 Å². The molecule has 1 saturated heterocycles. The molecule has 1 aliphatic carbocycles. The summed E-state index contributed by atoms with van der Waals surface area (Å²) in [4.78, 5) is 2.43. The molecule has 1 heterocycles. The second-order valence-corrected chi connectivity index (χ2v) is 2.98. The number of fused-ring (bicyclic) bond motifs is 1. The maximum absolute atomic E-state index is 2.43. The summed E-state index contributed by atoms with van der Waals surface area (Å²) in [5.41, 5.74) is 0. The zero-order chi connectivity index (χ0) is 4.85. The van der Waals surface area contributed by atoms with Gasteiger partial charge in [-0.05, 0) is 25.3 Å². The Morgan fingerprint density at radius 2 is 1.86 bits per heavy atom. The molecule has 1 heteroatoms. The van der Waals surface area contributed by atoms with Crippen LogP contribution in [0.25, 0.3) is 0 Å². The summed E-state index contributed by atoms with van der Waals surface area (Å²) in [6, 6.07) is 0. The van der Waals surface area contributed by atoms with Crippen LogP contribution in [-0.4, -0.2) is 25.0 Å². The van der Waals surface area contributed by atoms with E-state index in [0.29, 0.717) is 0 Å². The second kappa shape index (κ2) is 1.03. The minimum atomic E-state index is 1.12. The van der Waals surface area contributed by atoms with Gasteiger partial charge in [0, 0.05) is 13.1 Å². The highest BCUT2D eigenvalue weighted by Crippen LogP contribution is 2.43. The molecular weight excluding hydrogens is 86.1 g/mol. The molecule has 2 rings (SSSR count). The van der Waals surface area contributed by atoms with Crippen molar-refractivity contribution in [1.29, 1.82) is 0 Å². The number of rotatable bonds is 0. The van der Waals surface area contributed by atoms with Crippen LogP contribution in [0, 0.1) is 11.8 Å². The Kier molecular flexibility index (Phi) is 0.571. The minimum absolute atomic E-state index is 1.12. The maximum Gasteiger partial charge on any atom is 0.000997 e. The highest BCUT2D eigenvalue weighted by atomic mass is 15.1. The van der Waals surface area contributed by atoms with E-state index in [1.165, 1.54) is 19.5 Å². The van der Waals surface area contributed by atoms with Gasteiger partial charge in [0.25, 0.3) is 0 Å². The number of hydrogen-bond donors (Lipinski definition) is 0. The summed E-state index contributed by atoms with van der Waals surface area (Å²) in [7, 11) is 2.21. The molecule has 0 N–H and O–H groups in total. The summed E-state index contributed by atoms with van der Waals surface area (Å²) in [6.45, 7) is 2.76. The Bertz CT molecular complexity index is 80.2. The molecule has 0 aromatic carbocycles. The van der Waals surface area contributed by atoms with Gasteiger partial charge in [-0.15, -0.1) is 0 Å². The molecular formula is C6H11N. The predicted molar refractivity (Wildman–Crippen MR) is 29.1 cm³/mol. The highest BCUT2D eigenvalue weighted by molar-refractivity contribution is 4.95. The number of piperidine rings is 1. The van der Waals surface area contributed by atoms with Gasteiger partial charge in [0.05, 0.1) is 0 Å². The summed E-state index contributed by atoms with van der Waals surface area (Å²) in [6.07, 6.45) is 1.53. The average Bonchev–Trinajstić information content (AvgIpc) is 2.15. The van der Waals surface area contributed by atoms with Crippen molar-refractivity contribution in [3.8, 4) is 0 Å². The van der Waals surface area contributed by atoms with Crippen LogP contribution < -0.4 is 0 Å². The van der Waals surface area contributed by atoms with E-state index < -0.39 is 0 Å². The molecule has 0 aromatic heterocycles. The Morgan fingerprint density at radius 1 is 1.29 bits per heavy atom. The fraction of sp³-hybridized carbons (Fsp3) is 1.00. The Hall–Kier alpha value is -0.0400. The molecule has 1 nitrogen and oxygen atoms in total. The molecule has 0 aromatic rings. The van der Waals surface area contributed by atoms with Gasteiger partial charge in [0.15, 0.2) is 0 Å². The molecule has 0 bridgehead atoms. The lowest BCUT2D eigenvalue weighted by Gasteiger charge is -2.06. The van der Waals surface area contributed by atoms with E-state index in [9.17, 15) is 0 Å². The zero-order valence-corrected chi connectivity index (χ0v) is 4.72. The fourth-order valence-corrected chi connectivity index (χ4v) is 1.63. The zero-order valence-electron chi connectivity index (χ0n) is 4.72. The van der Waals surface area contributed by atoms with Crippen LogP contribution in [0.5, 0.6) is 0 Å². The molecule has 2 fully saturated rings. The third-order valence-electron chi connectivity index (χ3n) is 2.16. The predicted octanol–water partition coefficient (Wildman–Crippen LogP) is 0.568.